The first kappa shape index (κ1) is 14.8. The SMILES string of the molecule is N#[N+]c1c(-c2n[nH]c(=O)[nH]c2=O)cccc1-c1n[nH]c(=O)[nH]c1=O. The van der Waals surface area contributed by atoms with Crippen LogP contribution in [0, 0.1) is 5.39 Å². The molecule has 0 unspecified atom stereocenters. The van der Waals surface area contributed by atoms with Gasteiger partial charge in [0.25, 0.3) is 11.1 Å². The zero-order valence-electron chi connectivity index (χ0n) is 11.7. The Kier molecular flexibility index (Phi) is 3.43. The van der Waals surface area contributed by atoms with Gasteiger partial charge in [-0.1, -0.05) is 6.07 Å². The third kappa shape index (κ3) is 2.41. The van der Waals surface area contributed by atoms with Crippen molar-refractivity contribution in [2.24, 2.45) is 0 Å². The molecule has 24 heavy (non-hydrogen) atoms. The molecule has 2 heterocycles. The first-order chi connectivity index (χ1) is 11.5. The highest BCUT2D eigenvalue weighted by molar-refractivity contribution is 5.88. The van der Waals surface area contributed by atoms with Crippen molar-refractivity contribution in [2.45, 2.75) is 0 Å². The van der Waals surface area contributed by atoms with E-state index in [1.54, 1.807) is 0 Å². The van der Waals surface area contributed by atoms with Gasteiger partial charge in [-0.2, -0.15) is 10.2 Å². The van der Waals surface area contributed by atoms with Crippen LogP contribution in [0.15, 0.2) is 37.4 Å². The summed E-state index contributed by atoms with van der Waals surface area (Å²) in [5.41, 5.74) is -3.81. The lowest BCUT2D eigenvalue weighted by Gasteiger charge is -2.00. The highest BCUT2D eigenvalue weighted by Crippen LogP contribution is 2.35. The fraction of sp³-hybridized carbons (Fsp3) is 0. The van der Waals surface area contributed by atoms with Crippen LogP contribution in [0.25, 0.3) is 27.5 Å². The Morgan fingerprint density at radius 3 is 1.67 bits per heavy atom. The topological polar surface area (TPSA) is 185 Å². The summed E-state index contributed by atoms with van der Waals surface area (Å²) in [6.07, 6.45) is 0. The second-order valence-electron chi connectivity index (χ2n) is 4.51. The maximum Gasteiger partial charge on any atom is 0.404 e. The van der Waals surface area contributed by atoms with Crippen LogP contribution < -0.4 is 22.5 Å². The van der Waals surface area contributed by atoms with Gasteiger partial charge in [0.2, 0.25) is 5.39 Å². The standard InChI is InChI=1S/C12H6N8O4/c13-16-6-4(7-9(21)14-11(23)19-17-7)2-1-3-5(6)8-10(22)15-12(24)20-18-8/h1-3H,(H3-,14,15,19,20,21,22,23,24)/p+1. The van der Waals surface area contributed by atoms with Crippen molar-refractivity contribution in [1.29, 1.82) is 5.39 Å². The molecule has 0 radical (unpaired) electrons. The van der Waals surface area contributed by atoms with Gasteiger partial charge in [0, 0.05) is 0 Å². The van der Waals surface area contributed by atoms with Crippen molar-refractivity contribution in [3.63, 3.8) is 0 Å². The van der Waals surface area contributed by atoms with Gasteiger partial charge in [0.1, 0.15) is 11.1 Å². The highest BCUT2D eigenvalue weighted by atomic mass is 16.2. The maximum absolute atomic E-state index is 11.9. The van der Waals surface area contributed by atoms with Gasteiger partial charge in [0.15, 0.2) is 16.4 Å². The van der Waals surface area contributed by atoms with E-state index in [0.717, 1.165) is 0 Å². The number of aromatic nitrogens is 6. The number of rotatable bonds is 2. The van der Waals surface area contributed by atoms with Crippen LogP contribution in [-0.4, -0.2) is 30.4 Å². The Balaban J connectivity index is 2.34. The molecule has 0 saturated heterocycles. The molecule has 12 heteroatoms. The third-order valence-corrected chi connectivity index (χ3v) is 3.07. The summed E-state index contributed by atoms with van der Waals surface area (Å²) >= 11 is 0. The van der Waals surface area contributed by atoms with Crippen molar-refractivity contribution in [1.82, 2.24) is 30.4 Å². The Morgan fingerprint density at radius 2 is 1.29 bits per heavy atom. The van der Waals surface area contributed by atoms with Crippen molar-refractivity contribution < 1.29 is 0 Å². The molecule has 4 N–H and O–H groups in total. The van der Waals surface area contributed by atoms with Gasteiger partial charge in [-0.3, -0.25) is 19.6 Å². The van der Waals surface area contributed by atoms with E-state index in [-0.39, 0.29) is 28.2 Å². The molecule has 12 nitrogen and oxygen atoms in total. The molecule has 0 saturated carbocycles. The number of aromatic amines is 4. The minimum atomic E-state index is -0.816. The molecular formula is C12H7N8O4+. The first-order valence-corrected chi connectivity index (χ1v) is 6.38. The Hall–Kier alpha value is -4.14. The quantitative estimate of drug-likeness (QED) is 0.437. The monoisotopic (exact) mass is 327 g/mol. The average molecular weight is 327 g/mol. The molecule has 118 valence electrons. The van der Waals surface area contributed by atoms with E-state index in [1.807, 2.05) is 9.97 Å². The Bertz CT molecular complexity index is 1120. The largest absolute Gasteiger partial charge is 0.404 e. The molecule has 0 spiro atoms. The minimum absolute atomic E-state index is 0.0416. The highest BCUT2D eigenvalue weighted by Gasteiger charge is 2.27. The van der Waals surface area contributed by atoms with Crippen LogP contribution in [0.1, 0.15) is 0 Å². The summed E-state index contributed by atoms with van der Waals surface area (Å²) in [7, 11) is 0. The summed E-state index contributed by atoms with van der Waals surface area (Å²) in [5.74, 6) is 0. The molecule has 0 amide bonds. The van der Waals surface area contributed by atoms with E-state index < -0.39 is 22.5 Å². The molecule has 0 aliphatic rings. The molecule has 1 aromatic carbocycles. The van der Waals surface area contributed by atoms with Gasteiger partial charge in [0.05, 0.1) is 0 Å². The zero-order valence-corrected chi connectivity index (χ0v) is 11.7. The van der Waals surface area contributed by atoms with Gasteiger partial charge < -0.3 is 0 Å². The maximum atomic E-state index is 11.9. The second kappa shape index (κ2) is 5.57. The first-order valence-electron chi connectivity index (χ1n) is 6.38. The molecule has 3 rings (SSSR count). The lowest BCUT2D eigenvalue weighted by atomic mass is 10.0. The van der Waals surface area contributed by atoms with Gasteiger partial charge in [-0.25, -0.2) is 19.8 Å². The lowest BCUT2D eigenvalue weighted by molar-refractivity contribution is 0.895. The average Bonchev–Trinajstić information content (AvgIpc) is 2.54. The number of H-pyrrole nitrogens is 4. The minimum Gasteiger partial charge on any atom is -0.271 e. The zero-order chi connectivity index (χ0) is 17.3. The van der Waals surface area contributed by atoms with Crippen LogP contribution in [0.4, 0.5) is 5.69 Å². The van der Waals surface area contributed by atoms with Gasteiger partial charge in [-0.05, 0) is 12.1 Å². The normalized spacial score (nSPS) is 10.3. The number of nitrogens with one attached hydrogen (secondary N) is 4. The van der Waals surface area contributed by atoms with E-state index in [1.165, 1.54) is 18.2 Å². The number of diazo groups is 1. The fourth-order valence-electron chi connectivity index (χ4n) is 2.09. The van der Waals surface area contributed by atoms with Gasteiger partial charge >= 0.3 is 17.1 Å². The smallest absolute Gasteiger partial charge is 0.271 e. The molecule has 0 bridgehead atoms. The number of nitrogens with zero attached hydrogens (tertiary/aromatic N) is 4. The van der Waals surface area contributed by atoms with Crippen LogP contribution in [-0.2, 0) is 0 Å². The van der Waals surface area contributed by atoms with Crippen LogP contribution in [0.5, 0.6) is 0 Å². The summed E-state index contributed by atoms with van der Waals surface area (Å²) in [5, 5.41) is 20.6. The van der Waals surface area contributed by atoms with Gasteiger partial charge in [-0.15, -0.1) is 0 Å². The number of hydrogen-bond acceptors (Lipinski definition) is 7. The number of benzene rings is 1. The number of hydrogen-bond donors (Lipinski definition) is 4. The van der Waals surface area contributed by atoms with E-state index in [2.05, 4.69) is 25.4 Å². The Morgan fingerprint density at radius 1 is 0.833 bits per heavy atom. The molecule has 2 aromatic heterocycles. The summed E-state index contributed by atoms with van der Waals surface area (Å²) in [6, 6.07) is 4.25. The van der Waals surface area contributed by atoms with Crippen molar-refractivity contribution >= 4 is 5.69 Å². The van der Waals surface area contributed by atoms with Crippen molar-refractivity contribution in [2.75, 3.05) is 0 Å². The summed E-state index contributed by atoms with van der Waals surface area (Å²) in [4.78, 5) is 52.9. The predicted molar refractivity (Wildman–Crippen MR) is 80.1 cm³/mol. The van der Waals surface area contributed by atoms with E-state index in [9.17, 15) is 24.6 Å². The third-order valence-electron chi connectivity index (χ3n) is 3.07. The van der Waals surface area contributed by atoms with Crippen molar-refractivity contribution in [3.05, 3.63) is 64.9 Å². The summed E-state index contributed by atoms with van der Waals surface area (Å²) in [6.45, 7) is 0. The van der Waals surface area contributed by atoms with Crippen LogP contribution in [0.2, 0.25) is 0 Å². The van der Waals surface area contributed by atoms with Crippen LogP contribution >= 0.6 is 0 Å². The van der Waals surface area contributed by atoms with E-state index >= 15 is 0 Å². The van der Waals surface area contributed by atoms with Crippen LogP contribution in [0.3, 0.4) is 0 Å². The molecular weight excluding hydrogens is 320 g/mol. The second-order valence-corrected chi connectivity index (χ2v) is 4.51. The van der Waals surface area contributed by atoms with E-state index in [0.29, 0.717) is 0 Å². The fourth-order valence-corrected chi connectivity index (χ4v) is 2.09. The molecule has 0 aliphatic carbocycles. The summed E-state index contributed by atoms with van der Waals surface area (Å²) < 4.78 is 0. The molecule has 0 aliphatic heterocycles. The van der Waals surface area contributed by atoms with E-state index in [4.69, 9.17) is 0 Å². The lowest BCUT2D eigenvalue weighted by Crippen LogP contribution is -2.26. The Labute approximate surface area is 129 Å². The molecule has 3 aromatic rings. The predicted octanol–water partition coefficient (Wildman–Crippen LogP) is -0.952. The molecule has 0 atom stereocenters. The van der Waals surface area contributed by atoms with Crippen molar-refractivity contribution in [3.8, 4) is 22.5 Å². The molecule has 0 fully saturated rings.